The van der Waals surface area contributed by atoms with E-state index in [1.165, 1.54) is 11.3 Å². The van der Waals surface area contributed by atoms with Gasteiger partial charge in [-0.25, -0.2) is 4.98 Å². The lowest BCUT2D eigenvalue weighted by molar-refractivity contribution is 0.102. The normalized spacial score (nSPS) is 10.6. The number of aryl methyl sites for hydroxylation is 2. The van der Waals surface area contributed by atoms with Gasteiger partial charge in [-0.3, -0.25) is 4.79 Å². The molecule has 0 fully saturated rings. The molecule has 0 saturated heterocycles. The Morgan fingerprint density at radius 2 is 1.90 bits per heavy atom. The van der Waals surface area contributed by atoms with Crippen LogP contribution >= 0.6 is 22.7 Å². The summed E-state index contributed by atoms with van der Waals surface area (Å²) in [6.07, 6.45) is 0. The molecule has 2 heterocycles. The first-order valence-corrected chi connectivity index (χ1v) is 8.27. The lowest BCUT2D eigenvalue weighted by Crippen LogP contribution is -2.12. The Morgan fingerprint density at radius 3 is 2.57 bits per heavy atom. The highest BCUT2D eigenvalue weighted by Gasteiger charge is 2.12. The van der Waals surface area contributed by atoms with Crippen LogP contribution < -0.4 is 5.32 Å². The number of carbonyl (C=O) groups is 1. The van der Waals surface area contributed by atoms with Crippen LogP contribution in [0, 0.1) is 13.8 Å². The number of aromatic nitrogens is 1. The molecule has 0 aliphatic carbocycles. The van der Waals surface area contributed by atoms with Crippen molar-refractivity contribution in [3.8, 4) is 9.88 Å². The highest BCUT2D eigenvalue weighted by Crippen LogP contribution is 2.28. The molecule has 3 aromatic rings. The van der Waals surface area contributed by atoms with Gasteiger partial charge in [-0.1, -0.05) is 12.1 Å². The van der Waals surface area contributed by atoms with Crippen molar-refractivity contribution in [2.24, 2.45) is 0 Å². The lowest BCUT2D eigenvalue weighted by Gasteiger charge is -2.06. The predicted octanol–water partition coefficient (Wildman–Crippen LogP) is 4.74. The summed E-state index contributed by atoms with van der Waals surface area (Å²) in [4.78, 5) is 17.8. The molecule has 0 unspecified atom stereocenters. The van der Waals surface area contributed by atoms with Gasteiger partial charge in [0.05, 0.1) is 4.88 Å². The van der Waals surface area contributed by atoms with Gasteiger partial charge >= 0.3 is 0 Å². The Bertz CT molecular complexity index is 755. The van der Waals surface area contributed by atoms with Crippen LogP contribution in [0.1, 0.15) is 21.6 Å². The zero-order valence-electron chi connectivity index (χ0n) is 11.7. The first-order valence-electron chi connectivity index (χ1n) is 6.51. The average Bonchev–Trinajstić information content (AvgIpc) is 3.09. The number of carbonyl (C=O) groups excluding carboxylic acids is 1. The van der Waals surface area contributed by atoms with Crippen molar-refractivity contribution in [2.45, 2.75) is 13.8 Å². The number of nitrogens with one attached hydrogen (secondary N) is 1. The summed E-state index contributed by atoms with van der Waals surface area (Å²) in [5.41, 5.74) is 3.52. The topological polar surface area (TPSA) is 42.0 Å². The quantitative estimate of drug-likeness (QED) is 0.758. The standard InChI is InChI=1S/C16H14N2OS2/c1-10-6-11(2)8-12(7-10)17-15(19)13-9-21-16(18-13)14-4-3-5-20-14/h3-9H,1-2H3,(H,17,19). The molecule has 3 rings (SSSR count). The summed E-state index contributed by atoms with van der Waals surface area (Å²) in [5.74, 6) is -0.168. The van der Waals surface area contributed by atoms with Gasteiger partial charge in [0.1, 0.15) is 10.7 Å². The molecule has 2 aromatic heterocycles. The van der Waals surface area contributed by atoms with Gasteiger partial charge in [0.15, 0.2) is 0 Å². The minimum absolute atomic E-state index is 0.168. The Labute approximate surface area is 131 Å². The van der Waals surface area contributed by atoms with E-state index < -0.39 is 0 Å². The first-order chi connectivity index (χ1) is 10.1. The second kappa shape index (κ2) is 5.79. The van der Waals surface area contributed by atoms with Crippen LogP contribution in [-0.2, 0) is 0 Å². The third-order valence-electron chi connectivity index (χ3n) is 2.95. The second-order valence-corrected chi connectivity index (χ2v) is 6.65. The van der Waals surface area contributed by atoms with Crippen molar-refractivity contribution in [2.75, 3.05) is 5.32 Å². The summed E-state index contributed by atoms with van der Waals surface area (Å²) in [6, 6.07) is 9.98. The molecule has 1 aromatic carbocycles. The van der Waals surface area contributed by atoms with Gasteiger partial charge in [-0.05, 0) is 48.6 Å². The SMILES string of the molecule is Cc1cc(C)cc(NC(=O)c2csc(-c3cccs3)n2)c1. The van der Waals surface area contributed by atoms with Gasteiger partial charge in [0.25, 0.3) is 5.91 Å². The van der Waals surface area contributed by atoms with E-state index in [1.807, 2.05) is 43.5 Å². The third kappa shape index (κ3) is 3.20. The molecule has 0 aliphatic heterocycles. The summed E-state index contributed by atoms with van der Waals surface area (Å²) in [6.45, 7) is 4.03. The largest absolute Gasteiger partial charge is 0.321 e. The molecule has 106 valence electrons. The predicted molar refractivity (Wildman–Crippen MR) is 89.3 cm³/mol. The highest BCUT2D eigenvalue weighted by molar-refractivity contribution is 7.20. The van der Waals surface area contributed by atoms with E-state index in [2.05, 4.69) is 16.4 Å². The van der Waals surface area contributed by atoms with E-state index in [0.717, 1.165) is 26.7 Å². The van der Waals surface area contributed by atoms with Gasteiger partial charge in [-0.15, -0.1) is 22.7 Å². The van der Waals surface area contributed by atoms with Crippen LogP contribution in [0.5, 0.6) is 0 Å². The van der Waals surface area contributed by atoms with Gasteiger partial charge in [0, 0.05) is 11.1 Å². The molecular weight excluding hydrogens is 300 g/mol. The molecule has 1 amide bonds. The number of anilines is 1. The van der Waals surface area contributed by atoms with Crippen molar-refractivity contribution in [1.29, 1.82) is 0 Å². The maximum Gasteiger partial charge on any atom is 0.275 e. The maximum atomic E-state index is 12.3. The summed E-state index contributed by atoms with van der Waals surface area (Å²) in [5, 5.41) is 7.60. The Hall–Kier alpha value is -1.98. The molecule has 5 heteroatoms. The highest BCUT2D eigenvalue weighted by atomic mass is 32.1. The number of hydrogen-bond acceptors (Lipinski definition) is 4. The fourth-order valence-corrected chi connectivity index (χ4v) is 3.75. The molecular formula is C16H14N2OS2. The smallest absolute Gasteiger partial charge is 0.275 e. The number of hydrogen-bond donors (Lipinski definition) is 1. The van der Waals surface area contributed by atoms with Crippen molar-refractivity contribution < 1.29 is 4.79 Å². The van der Waals surface area contributed by atoms with Crippen LogP contribution in [0.3, 0.4) is 0 Å². The fourth-order valence-electron chi connectivity index (χ4n) is 2.13. The molecule has 3 nitrogen and oxygen atoms in total. The van der Waals surface area contributed by atoms with Gasteiger partial charge in [-0.2, -0.15) is 0 Å². The summed E-state index contributed by atoms with van der Waals surface area (Å²) in [7, 11) is 0. The van der Waals surface area contributed by atoms with Crippen molar-refractivity contribution in [3.63, 3.8) is 0 Å². The zero-order chi connectivity index (χ0) is 14.8. The molecule has 0 saturated carbocycles. The number of thiophene rings is 1. The molecule has 1 N–H and O–H groups in total. The number of rotatable bonds is 3. The molecule has 0 radical (unpaired) electrons. The van der Waals surface area contributed by atoms with E-state index >= 15 is 0 Å². The van der Waals surface area contributed by atoms with Crippen LogP contribution in [0.15, 0.2) is 41.1 Å². The molecule has 0 spiro atoms. The zero-order valence-corrected chi connectivity index (χ0v) is 13.3. The number of amides is 1. The van der Waals surface area contributed by atoms with E-state index in [1.54, 1.807) is 16.7 Å². The maximum absolute atomic E-state index is 12.3. The van der Waals surface area contributed by atoms with Gasteiger partial charge < -0.3 is 5.32 Å². The van der Waals surface area contributed by atoms with Crippen LogP contribution in [0.25, 0.3) is 9.88 Å². The van der Waals surface area contributed by atoms with Crippen molar-refractivity contribution >= 4 is 34.3 Å². The Kier molecular flexibility index (Phi) is 3.86. The minimum atomic E-state index is -0.168. The van der Waals surface area contributed by atoms with Crippen molar-refractivity contribution in [1.82, 2.24) is 4.98 Å². The number of nitrogens with zero attached hydrogens (tertiary/aromatic N) is 1. The summed E-state index contributed by atoms with van der Waals surface area (Å²) >= 11 is 3.12. The Morgan fingerprint density at radius 1 is 1.14 bits per heavy atom. The number of thiazole rings is 1. The minimum Gasteiger partial charge on any atom is -0.321 e. The monoisotopic (exact) mass is 314 g/mol. The molecule has 0 aliphatic rings. The second-order valence-electron chi connectivity index (χ2n) is 4.85. The van der Waals surface area contributed by atoms with Crippen LogP contribution in [-0.4, -0.2) is 10.9 Å². The van der Waals surface area contributed by atoms with E-state index in [-0.39, 0.29) is 5.91 Å². The first kappa shape index (κ1) is 14.0. The number of benzene rings is 1. The Balaban J connectivity index is 1.79. The average molecular weight is 314 g/mol. The molecule has 0 bridgehead atoms. The third-order valence-corrected chi connectivity index (χ3v) is 4.83. The van der Waals surface area contributed by atoms with E-state index in [0.29, 0.717) is 5.69 Å². The molecule has 0 atom stereocenters. The van der Waals surface area contributed by atoms with E-state index in [4.69, 9.17) is 0 Å². The van der Waals surface area contributed by atoms with E-state index in [9.17, 15) is 4.79 Å². The lowest BCUT2D eigenvalue weighted by atomic mass is 10.1. The van der Waals surface area contributed by atoms with Crippen LogP contribution in [0.2, 0.25) is 0 Å². The molecule has 21 heavy (non-hydrogen) atoms. The summed E-state index contributed by atoms with van der Waals surface area (Å²) < 4.78 is 0. The van der Waals surface area contributed by atoms with Gasteiger partial charge in [0.2, 0.25) is 0 Å². The van der Waals surface area contributed by atoms with Crippen molar-refractivity contribution in [3.05, 3.63) is 57.9 Å². The van der Waals surface area contributed by atoms with Crippen LogP contribution in [0.4, 0.5) is 5.69 Å². The fraction of sp³-hybridized carbons (Fsp3) is 0.125.